The molecule has 1 aliphatic rings. The molecular weight excluding hydrogens is 304 g/mol. The number of rotatable bonds is 4. The van der Waals surface area contributed by atoms with E-state index < -0.39 is 0 Å². The van der Waals surface area contributed by atoms with Crippen LogP contribution in [0.3, 0.4) is 0 Å². The smallest absolute Gasteiger partial charge is 0.255 e. The molecule has 6 heteroatoms. The van der Waals surface area contributed by atoms with E-state index in [1.807, 2.05) is 0 Å². The Hall–Kier alpha value is -2.11. The number of ether oxygens (including phenoxy) is 2. The van der Waals surface area contributed by atoms with E-state index in [9.17, 15) is 4.79 Å². The summed E-state index contributed by atoms with van der Waals surface area (Å²) in [7, 11) is 0. The molecule has 3 rings (SSSR count). The van der Waals surface area contributed by atoms with Crippen LogP contribution in [0.4, 0.5) is 5.69 Å². The van der Waals surface area contributed by atoms with Crippen LogP contribution >= 0.6 is 11.6 Å². The number of carbonyl (C=O) groups excluding carboxylic acids is 1. The SMILES string of the molecule is O=C(Nc1ccc(Cl)cc1)c1ccnc(OC2CCOC2)c1. The van der Waals surface area contributed by atoms with Crippen molar-refractivity contribution >= 4 is 23.2 Å². The van der Waals surface area contributed by atoms with Gasteiger partial charge in [-0.3, -0.25) is 4.79 Å². The van der Waals surface area contributed by atoms with Gasteiger partial charge in [0, 0.05) is 35.0 Å². The van der Waals surface area contributed by atoms with Crippen molar-refractivity contribution in [3.63, 3.8) is 0 Å². The Morgan fingerprint density at radius 3 is 2.86 bits per heavy atom. The number of aromatic nitrogens is 1. The first kappa shape index (κ1) is 14.8. The molecule has 0 radical (unpaired) electrons. The average Bonchev–Trinajstić information content (AvgIpc) is 3.03. The van der Waals surface area contributed by atoms with Gasteiger partial charge in [-0.15, -0.1) is 0 Å². The minimum atomic E-state index is -0.225. The maximum absolute atomic E-state index is 12.2. The zero-order valence-electron chi connectivity index (χ0n) is 11.8. The summed E-state index contributed by atoms with van der Waals surface area (Å²) >= 11 is 5.82. The lowest BCUT2D eigenvalue weighted by Gasteiger charge is -2.11. The number of nitrogens with one attached hydrogen (secondary N) is 1. The number of hydrogen-bond donors (Lipinski definition) is 1. The number of nitrogens with zero attached hydrogens (tertiary/aromatic N) is 1. The summed E-state index contributed by atoms with van der Waals surface area (Å²) < 4.78 is 11.0. The molecule has 2 heterocycles. The van der Waals surface area contributed by atoms with Gasteiger partial charge in [-0.05, 0) is 30.3 Å². The van der Waals surface area contributed by atoms with E-state index in [1.165, 1.54) is 0 Å². The van der Waals surface area contributed by atoms with Crippen LogP contribution in [-0.4, -0.2) is 30.2 Å². The third kappa shape index (κ3) is 3.75. The van der Waals surface area contributed by atoms with E-state index in [1.54, 1.807) is 42.6 Å². The number of pyridine rings is 1. The summed E-state index contributed by atoms with van der Waals surface area (Å²) in [4.78, 5) is 16.4. The van der Waals surface area contributed by atoms with Gasteiger partial charge in [0.05, 0.1) is 13.2 Å². The molecule has 1 fully saturated rings. The van der Waals surface area contributed by atoms with Crippen LogP contribution in [0.5, 0.6) is 5.88 Å². The second-order valence-electron chi connectivity index (χ2n) is 4.95. The van der Waals surface area contributed by atoms with Crippen LogP contribution in [0.2, 0.25) is 5.02 Å². The van der Waals surface area contributed by atoms with Gasteiger partial charge in [0.25, 0.3) is 5.91 Å². The lowest BCUT2D eigenvalue weighted by Crippen LogP contribution is -2.17. The second kappa shape index (κ2) is 6.77. The van der Waals surface area contributed by atoms with Crippen LogP contribution < -0.4 is 10.1 Å². The van der Waals surface area contributed by atoms with Gasteiger partial charge in [0.15, 0.2) is 0 Å². The van der Waals surface area contributed by atoms with E-state index in [0.717, 1.165) is 6.42 Å². The zero-order chi connectivity index (χ0) is 15.4. The van der Waals surface area contributed by atoms with Gasteiger partial charge in [-0.2, -0.15) is 0 Å². The molecule has 1 atom stereocenters. The molecule has 1 N–H and O–H groups in total. The van der Waals surface area contributed by atoms with Crippen molar-refractivity contribution in [1.29, 1.82) is 0 Å². The standard InChI is InChI=1S/C16H15ClN2O3/c17-12-1-3-13(4-2-12)19-16(20)11-5-7-18-15(9-11)22-14-6-8-21-10-14/h1-5,7,9,14H,6,8,10H2,(H,19,20). The molecule has 1 aromatic heterocycles. The third-order valence-corrected chi connectivity index (χ3v) is 3.53. The van der Waals surface area contributed by atoms with Crippen molar-refractivity contribution in [1.82, 2.24) is 4.98 Å². The van der Waals surface area contributed by atoms with Gasteiger partial charge < -0.3 is 14.8 Å². The summed E-state index contributed by atoms with van der Waals surface area (Å²) in [6, 6.07) is 10.2. The fraction of sp³-hybridized carbons (Fsp3) is 0.250. The van der Waals surface area contributed by atoms with E-state index >= 15 is 0 Å². The number of hydrogen-bond acceptors (Lipinski definition) is 4. The number of carbonyl (C=O) groups is 1. The minimum absolute atomic E-state index is 0.00192. The molecule has 5 nitrogen and oxygen atoms in total. The Balaban J connectivity index is 1.67. The van der Waals surface area contributed by atoms with E-state index in [4.69, 9.17) is 21.1 Å². The van der Waals surface area contributed by atoms with Crippen LogP contribution in [0.25, 0.3) is 0 Å². The summed E-state index contributed by atoms with van der Waals surface area (Å²) in [5.41, 5.74) is 1.16. The van der Waals surface area contributed by atoms with Gasteiger partial charge in [0.2, 0.25) is 5.88 Å². The molecule has 2 aromatic rings. The molecule has 114 valence electrons. The Labute approximate surface area is 133 Å². The molecule has 1 amide bonds. The summed E-state index contributed by atoms with van der Waals surface area (Å²) in [6.45, 7) is 1.25. The largest absolute Gasteiger partial charge is 0.472 e. The van der Waals surface area contributed by atoms with E-state index in [0.29, 0.717) is 35.4 Å². The number of halogens is 1. The van der Waals surface area contributed by atoms with Gasteiger partial charge >= 0.3 is 0 Å². The van der Waals surface area contributed by atoms with E-state index in [-0.39, 0.29) is 12.0 Å². The van der Waals surface area contributed by atoms with E-state index in [2.05, 4.69) is 10.3 Å². The maximum Gasteiger partial charge on any atom is 0.255 e. The molecule has 1 aliphatic heterocycles. The van der Waals surface area contributed by atoms with Crippen molar-refractivity contribution in [2.24, 2.45) is 0 Å². The van der Waals surface area contributed by atoms with Crippen LogP contribution in [-0.2, 0) is 4.74 Å². The molecule has 0 saturated carbocycles. The summed E-state index contributed by atoms with van der Waals surface area (Å²) in [5, 5.41) is 3.42. The predicted octanol–water partition coefficient (Wildman–Crippen LogP) is 3.16. The van der Waals surface area contributed by atoms with Crippen molar-refractivity contribution in [2.75, 3.05) is 18.5 Å². The zero-order valence-corrected chi connectivity index (χ0v) is 12.5. The summed E-state index contributed by atoms with van der Waals surface area (Å²) in [5.74, 6) is 0.205. The molecule has 1 unspecified atom stereocenters. The molecule has 1 saturated heterocycles. The summed E-state index contributed by atoms with van der Waals surface area (Å²) in [6.07, 6.45) is 2.40. The Bertz CT molecular complexity index is 655. The molecule has 1 aromatic carbocycles. The van der Waals surface area contributed by atoms with Gasteiger partial charge in [0.1, 0.15) is 6.10 Å². The fourth-order valence-corrected chi connectivity index (χ4v) is 2.25. The monoisotopic (exact) mass is 318 g/mol. The van der Waals surface area contributed by atoms with Crippen molar-refractivity contribution in [3.8, 4) is 5.88 Å². The van der Waals surface area contributed by atoms with Crippen molar-refractivity contribution in [2.45, 2.75) is 12.5 Å². The maximum atomic E-state index is 12.2. The Morgan fingerprint density at radius 1 is 1.32 bits per heavy atom. The predicted molar refractivity (Wildman–Crippen MR) is 83.5 cm³/mol. The van der Waals surface area contributed by atoms with Crippen LogP contribution in [0.1, 0.15) is 16.8 Å². The number of anilines is 1. The first-order valence-electron chi connectivity index (χ1n) is 6.98. The highest BCUT2D eigenvalue weighted by Gasteiger charge is 2.18. The molecular formula is C16H15ClN2O3. The number of benzene rings is 1. The highest BCUT2D eigenvalue weighted by atomic mass is 35.5. The fourth-order valence-electron chi connectivity index (χ4n) is 2.13. The quantitative estimate of drug-likeness (QED) is 0.940. The highest BCUT2D eigenvalue weighted by molar-refractivity contribution is 6.30. The normalized spacial score (nSPS) is 17.2. The molecule has 0 bridgehead atoms. The topological polar surface area (TPSA) is 60.5 Å². The molecule has 0 spiro atoms. The third-order valence-electron chi connectivity index (χ3n) is 3.27. The van der Waals surface area contributed by atoms with Gasteiger partial charge in [-0.1, -0.05) is 11.6 Å². The Kier molecular flexibility index (Phi) is 4.56. The van der Waals surface area contributed by atoms with Crippen LogP contribution in [0.15, 0.2) is 42.6 Å². The van der Waals surface area contributed by atoms with Crippen molar-refractivity contribution < 1.29 is 14.3 Å². The first-order valence-corrected chi connectivity index (χ1v) is 7.36. The molecule has 22 heavy (non-hydrogen) atoms. The lowest BCUT2D eigenvalue weighted by molar-refractivity contribution is 0.102. The van der Waals surface area contributed by atoms with Crippen molar-refractivity contribution in [3.05, 3.63) is 53.2 Å². The number of amides is 1. The van der Waals surface area contributed by atoms with Gasteiger partial charge in [-0.25, -0.2) is 4.98 Å². The molecule has 0 aliphatic carbocycles. The first-order chi connectivity index (χ1) is 10.7. The Morgan fingerprint density at radius 2 is 2.14 bits per heavy atom. The van der Waals surface area contributed by atoms with Crippen LogP contribution in [0, 0.1) is 0 Å². The second-order valence-corrected chi connectivity index (χ2v) is 5.38. The minimum Gasteiger partial charge on any atom is -0.472 e. The average molecular weight is 319 g/mol. The lowest BCUT2D eigenvalue weighted by atomic mass is 10.2. The highest BCUT2D eigenvalue weighted by Crippen LogP contribution is 2.18.